The van der Waals surface area contributed by atoms with E-state index in [9.17, 15) is 34.8 Å². The highest BCUT2D eigenvalue weighted by Crippen LogP contribution is 2.53. The zero-order valence-corrected chi connectivity index (χ0v) is 28.4. The van der Waals surface area contributed by atoms with E-state index in [2.05, 4.69) is 23.7 Å². The lowest BCUT2D eigenvalue weighted by Crippen LogP contribution is -2.65. The van der Waals surface area contributed by atoms with E-state index >= 15 is 0 Å². The molecule has 0 heterocycles. The first-order valence-corrected chi connectivity index (χ1v) is 16.6. The minimum Gasteiger partial charge on any atom is -0.508 e. The summed E-state index contributed by atoms with van der Waals surface area (Å²) in [6.07, 6.45) is 3.79. The third-order valence-corrected chi connectivity index (χ3v) is 10.6. The number of primary amides is 1. The van der Waals surface area contributed by atoms with Crippen molar-refractivity contribution in [3.05, 3.63) is 75.1 Å². The Morgan fingerprint density at radius 3 is 2.26 bits per heavy atom. The molecule has 0 unspecified atom stereocenters. The fourth-order valence-corrected chi connectivity index (χ4v) is 7.95. The number of phenolic OH excluding ortho intramolecular Hbond substituents is 1. The van der Waals surface area contributed by atoms with Crippen LogP contribution >= 0.6 is 0 Å². The van der Waals surface area contributed by atoms with Crippen LogP contribution in [0.5, 0.6) is 11.5 Å². The summed E-state index contributed by atoms with van der Waals surface area (Å²) in [7, 11) is 6.39. The van der Waals surface area contributed by atoms with E-state index < -0.39 is 58.0 Å². The number of ether oxygens (including phenoxy) is 2. The van der Waals surface area contributed by atoms with Gasteiger partial charge in [-0.3, -0.25) is 19.3 Å². The smallest absolute Gasteiger partial charge is 0.255 e. The van der Waals surface area contributed by atoms with Crippen LogP contribution in [0.1, 0.15) is 59.9 Å². The number of carbonyl (C=O) groups excluding carboxylic acids is 3. The maximum absolute atomic E-state index is 14.3. The highest BCUT2D eigenvalue weighted by molar-refractivity contribution is 6.24. The number of fused-ring (bicyclic) bond motifs is 3. The Morgan fingerprint density at radius 2 is 1.66 bits per heavy atom. The molecule has 2 aromatic rings. The lowest BCUT2D eigenvalue weighted by atomic mass is 9.57. The predicted octanol–water partition coefficient (Wildman–Crippen LogP) is 2.93. The molecular formula is C39H40N2O9. The molecule has 0 spiro atoms. The number of rotatable bonds is 4. The molecule has 6 N–H and O–H groups in total. The van der Waals surface area contributed by atoms with Gasteiger partial charge in [-0.05, 0) is 94.4 Å². The normalized spacial score (nSPS) is 27.4. The van der Waals surface area contributed by atoms with Gasteiger partial charge in [-0.15, -0.1) is 0 Å². The van der Waals surface area contributed by atoms with Crippen molar-refractivity contribution >= 4 is 23.2 Å². The molecule has 0 bridgehead atoms. The van der Waals surface area contributed by atoms with Crippen LogP contribution in [0.4, 0.5) is 0 Å². The van der Waals surface area contributed by atoms with Gasteiger partial charge in [0.25, 0.3) is 5.91 Å². The maximum atomic E-state index is 14.3. The van der Waals surface area contributed by atoms with E-state index in [1.54, 1.807) is 58.6 Å². The summed E-state index contributed by atoms with van der Waals surface area (Å²) in [5.41, 5.74) is 3.40. The Kier molecular flexibility index (Phi) is 9.27. The number of benzene rings is 2. The molecule has 0 aliphatic heterocycles. The van der Waals surface area contributed by atoms with Crippen molar-refractivity contribution in [1.29, 1.82) is 0 Å². The van der Waals surface area contributed by atoms with Crippen molar-refractivity contribution in [2.45, 2.75) is 56.3 Å². The van der Waals surface area contributed by atoms with E-state index in [1.807, 2.05) is 0 Å². The first-order valence-electron chi connectivity index (χ1n) is 16.6. The van der Waals surface area contributed by atoms with Crippen LogP contribution in [0.25, 0.3) is 5.76 Å². The number of methoxy groups -OCH3 is 2. The minimum atomic E-state index is -2.73. The van der Waals surface area contributed by atoms with Crippen LogP contribution in [-0.2, 0) is 25.5 Å². The fraction of sp³-hybridized carbons (Fsp3) is 0.410. The summed E-state index contributed by atoms with van der Waals surface area (Å²) in [6.45, 7) is 0. The molecule has 11 heteroatoms. The molecule has 4 atom stereocenters. The van der Waals surface area contributed by atoms with E-state index in [-0.39, 0.29) is 47.3 Å². The third kappa shape index (κ3) is 5.71. The van der Waals surface area contributed by atoms with Gasteiger partial charge in [0, 0.05) is 35.6 Å². The van der Waals surface area contributed by atoms with Crippen molar-refractivity contribution in [1.82, 2.24) is 4.90 Å². The number of amides is 1. The number of aliphatic hydroxyl groups is 3. The fourth-order valence-electron chi connectivity index (χ4n) is 7.95. The Labute approximate surface area is 290 Å². The van der Waals surface area contributed by atoms with Gasteiger partial charge in [0.05, 0.1) is 30.4 Å². The number of likely N-dealkylation sites (N-methyl/N-ethyl adjacent to an activating group) is 1. The Morgan fingerprint density at radius 1 is 0.980 bits per heavy atom. The van der Waals surface area contributed by atoms with Crippen molar-refractivity contribution < 1.29 is 44.3 Å². The largest absolute Gasteiger partial charge is 0.508 e. The van der Waals surface area contributed by atoms with E-state index in [1.165, 1.54) is 4.90 Å². The van der Waals surface area contributed by atoms with Crippen molar-refractivity contribution in [2.75, 3.05) is 28.3 Å². The van der Waals surface area contributed by atoms with Gasteiger partial charge in [0.2, 0.25) is 5.78 Å². The molecule has 50 heavy (non-hydrogen) atoms. The molecule has 6 rings (SSSR count). The van der Waals surface area contributed by atoms with Crippen LogP contribution < -0.4 is 10.5 Å². The number of nitrogens with zero attached hydrogens (tertiary/aromatic N) is 1. The molecule has 11 nitrogen and oxygen atoms in total. The number of aromatic hydroxyl groups is 1. The van der Waals surface area contributed by atoms with E-state index in [0.717, 1.165) is 25.7 Å². The van der Waals surface area contributed by atoms with Gasteiger partial charge in [0.15, 0.2) is 11.4 Å². The van der Waals surface area contributed by atoms with Gasteiger partial charge < -0.3 is 35.6 Å². The quantitative estimate of drug-likeness (QED) is 0.238. The number of carbonyl (C=O) groups is 3. The minimum absolute atomic E-state index is 0.0144. The average molecular weight is 681 g/mol. The predicted molar refractivity (Wildman–Crippen MR) is 183 cm³/mol. The summed E-state index contributed by atoms with van der Waals surface area (Å²) in [4.78, 5) is 41.5. The van der Waals surface area contributed by atoms with Crippen LogP contribution in [0.3, 0.4) is 0 Å². The number of ketones is 2. The lowest BCUT2D eigenvalue weighted by Gasteiger charge is -2.50. The molecule has 1 amide bonds. The zero-order chi connectivity index (χ0) is 36.1. The number of phenols is 1. The van der Waals surface area contributed by atoms with Gasteiger partial charge >= 0.3 is 0 Å². The number of hydrogen-bond donors (Lipinski definition) is 5. The topological polar surface area (TPSA) is 180 Å². The first kappa shape index (κ1) is 34.8. The monoisotopic (exact) mass is 680 g/mol. The van der Waals surface area contributed by atoms with Gasteiger partial charge in [-0.25, -0.2) is 0 Å². The van der Waals surface area contributed by atoms with Crippen LogP contribution in [0.15, 0.2) is 47.2 Å². The van der Waals surface area contributed by atoms with E-state index in [0.29, 0.717) is 22.4 Å². The van der Waals surface area contributed by atoms with Crippen LogP contribution in [0.2, 0.25) is 0 Å². The lowest BCUT2D eigenvalue weighted by molar-refractivity contribution is -0.153. The zero-order valence-electron chi connectivity index (χ0n) is 28.4. The van der Waals surface area contributed by atoms with Crippen LogP contribution in [0, 0.1) is 41.4 Å². The summed E-state index contributed by atoms with van der Waals surface area (Å²) >= 11 is 0. The molecule has 0 radical (unpaired) electrons. The number of aliphatic hydroxyl groups excluding tert-OH is 2. The van der Waals surface area contributed by atoms with E-state index in [4.69, 9.17) is 15.2 Å². The van der Waals surface area contributed by atoms with Gasteiger partial charge in [0.1, 0.15) is 28.6 Å². The highest BCUT2D eigenvalue weighted by atomic mass is 16.5. The van der Waals surface area contributed by atoms with Gasteiger partial charge in [-0.2, -0.15) is 0 Å². The molecule has 4 aliphatic carbocycles. The molecule has 0 saturated heterocycles. The third-order valence-electron chi connectivity index (χ3n) is 10.6. The molecule has 0 aromatic heterocycles. The molecule has 260 valence electrons. The second-order valence-corrected chi connectivity index (χ2v) is 13.6. The molecule has 2 fully saturated rings. The Balaban J connectivity index is 1.51. The van der Waals surface area contributed by atoms with Crippen molar-refractivity contribution in [2.24, 2.45) is 23.5 Å². The summed E-state index contributed by atoms with van der Waals surface area (Å²) < 4.78 is 10.7. The van der Waals surface area contributed by atoms with Crippen molar-refractivity contribution in [3.63, 3.8) is 0 Å². The van der Waals surface area contributed by atoms with Crippen LogP contribution in [-0.4, -0.2) is 88.9 Å². The second-order valence-electron chi connectivity index (χ2n) is 13.6. The summed E-state index contributed by atoms with van der Waals surface area (Å²) in [6, 6.07) is 7.54. The first-order chi connectivity index (χ1) is 23.8. The number of hydrogen-bond acceptors (Lipinski definition) is 10. The molecule has 4 aliphatic rings. The maximum Gasteiger partial charge on any atom is 0.255 e. The number of nitrogens with two attached hydrogens (primary N) is 1. The average Bonchev–Trinajstić information content (AvgIpc) is 3.09. The Hall–Kier alpha value is -5.07. The number of Topliss-reactive ketones (excluding diaryl/α,β-unsaturated/α-hetero) is 2. The Bertz CT molecular complexity index is 1960. The molecule has 2 aromatic carbocycles. The molecular weight excluding hydrogens is 640 g/mol. The summed E-state index contributed by atoms with van der Waals surface area (Å²) in [5.74, 6) is 6.27. The van der Waals surface area contributed by atoms with Gasteiger partial charge in [-0.1, -0.05) is 23.7 Å². The van der Waals surface area contributed by atoms with Crippen molar-refractivity contribution in [3.8, 4) is 35.2 Å². The SMILES string of the molecule is COc1ccc(C#Cc2cc(C#CC3CCC(OC)CC3)c3c(c2O)C(O)=C2C(=O)[C@]4(O)C(O)=C(C(N)=O)C(=O)[C@@H](N(C)C)[C@@H]4C[C@@H]2C3)cc1. The second kappa shape index (κ2) is 13.3. The summed E-state index contributed by atoms with van der Waals surface area (Å²) in [5, 5.41) is 46.6. The standard InChI is InChI=1S/C39H40N2O9/c1-41(2)32-28-19-24-18-27-22(11-5-20-7-13-25(49-3)14-8-20)17-23(12-6-21-9-15-26(50-4)16-10-21)33(42)30(27)34(43)29(24)36(45)39(28,48)37(46)31(35(32)44)38(40)47/h9-10,15-17,20,24-25,28,32,42-43,46,48H,7-8,13-14,18-19H2,1-4H3,(H2,40,47)/t20?,24-,25?,28-,32-,39-/m0/s1. The highest BCUT2D eigenvalue weighted by Gasteiger charge is 2.64. The molecule has 2 saturated carbocycles.